The first kappa shape index (κ1) is 12.5. The van der Waals surface area contributed by atoms with Gasteiger partial charge in [-0.3, -0.25) is 0 Å². The van der Waals surface area contributed by atoms with Gasteiger partial charge in [0.25, 0.3) is 0 Å². The summed E-state index contributed by atoms with van der Waals surface area (Å²) >= 11 is 3.54. The molecule has 2 heterocycles. The summed E-state index contributed by atoms with van der Waals surface area (Å²) in [6.45, 7) is 0.733. The van der Waals surface area contributed by atoms with Crippen molar-refractivity contribution in [2.24, 2.45) is 0 Å². The molecule has 0 unspecified atom stereocenters. The predicted molar refractivity (Wildman–Crippen MR) is 77.2 cm³/mol. The highest BCUT2D eigenvalue weighted by molar-refractivity contribution is 9.10. The fourth-order valence-corrected chi connectivity index (χ4v) is 2.43. The number of nitrogens with zero attached hydrogens (tertiary/aromatic N) is 3. The van der Waals surface area contributed by atoms with Crippen LogP contribution in [0.5, 0.6) is 0 Å². The van der Waals surface area contributed by atoms with Gasteiger partial charge in [-0.2, -0.15) is 4.98 Å². The molecule has 0 aromatic carbocycles. The molecule has 100 valence electrons. The lowest BCUT2D eigenvalue weighted by atomic mass is 10.3. The Balaban J connectivity index is 1.91. The summed E-state index contributed by atoms with van der Waals surface area (Å²) in [7, 11) is 1.82. The van der Waals surface area contributed by atoms with Crippen molar-refractivity contribution in [2.45, 2.75) is 25.4 Å². The Morgan fingerprint density at radius 2 is 2.37 bits per heavy atom. The van der Waals surface area contributed by atoms with Crippen molar-refractivity contribution in [1.82, 2.24) is 9.97 Å². The third kappa shape index (κ3) is 2.73. The molecule has 2 aromatic rings. The Labute approximate surface area is 120 Å². The summed E-state index contributed by atoms with van der Waals surface area (Å²) < 4.78 is 6.35. The van der Waals surface area contributed by atoms with Crippen LogP contribution < -0.4 is 10.2 Å². The third-order valence-corrected chi connectivity index (χ3v) is 3.67. The van der Waals surface area contributed by atoms with Crippen molar-refractivity contribution < 1.29 is 4.42 Å². The molecule has 0 atom stereocenters. The molecule has 5 nitrogen and oxygen atoms in total. The Morgan fingerprint density at radius 1 is 1.53 bits per heavy atom. The molecule has 0 amide bonds. The maximum Gasteiger partial charge on any atom is 0.224 e. The topological polar surface area (TPSA) is 54.2 Å². The first-order valence-electron chi connectivity index (χ1n) is 6.27. The number of rotatable bonds is 5. The van der Waals surface area contributed by atoms with Crippen molar-refractivity contribution in [3.05, 3.63) is 34.8 Å². The number of hydrogen-bond acceptors (Lipinski definition) is 5. The molecule has 1 N–H and O–H groups in total. The van der Waals surface area contributed by atoms with Crippen molar-refractivity contribution >= 4 is 27.7 Å². The molecule has 1 saturated carbocycles. The number of nitrogens with one attached hydrogen (secondary N) is 1. The molecule has 0 aliphatic heterocycles. The fraction of sp³-hybridized carbons (Fsp3) is 0.385. The minimum Gasteiger partial charge on any atom is -0.467 e. The minimum atomic E-state index is 0.543. The molecule has 0 spiro atoms. The highest BCUT2D eigenvalue weighted by atomic mass is 79.9. The van der Waals surface area contributed by atoms with Crippen LogP contribution in [0.1, 0.15) is 18.6 Å². The van der Waals surface area contributed by atoms with Crippen molar-refractivity contribution in [3.8, 4) is 0 Å². The van der Waals surface area contributed by atoms with Crippen LogP contribution in [0.15, 0.2) is 33.5 Å². The van der Waals surface area contributed by atoms with E-state index in [1.54, 1.807) is 12.5 Å². The molecule has 1 fully saturated rings. The van der Waals surface area contributed by atoms with Gasteiger partial charge in [0.15, 0.2) is 0 Å². The normalized spacial score (nSPS) is 14.4. The van der Waals surface area contributed by atoms with Gasteiger partial charge >= 0.3 is 0 Å². The fourth-order valence-electron chi connectivity index (χ4n) is 2.01. The first-order valence-corrected chi connectivity index (χ1v) is 7.06. The average molecular weight is 323 g/mol. The van der Waals surface area contributed by atoms with Crippen LogP contribution in [0.2, 0.25) is 0 Å². The number of hydrogen-bond donors (Lipinski definition) is 1. The second-order valence-corrected chi connectivity index (χ2v) is 5.41. The van der Waals surface area contributed by atoms with Gasteiger partial charge in [0.2, 0.25) is 5.95 Å². The van der Waals surface area contributed by atoms with Crippen molar-refractivity contribution in [1.29, 1.82) is 0 Å². The maximum atomic E-state index is 5.44. The van der Waals surface area contributed by atoms with Gasteiger partial charge in [-0.15, -0.1) is 0 Å². The van der Waals surface area contributed by atoms with Gasteiger partial charge < -0.3 is 14.6 Å². The van der Waals surface area contributed by atoms with Crippen LogP contribution in [0.3, 0.4) is 0 Å². The summed E-state index contributed by atoms with van der Waals surface area (Å²) in [6.07, 6.45) is 5.89. The zero-order chi connectivity index (χ0) is 13.2. The summed E-state index contributed by atoms with van der Waals surface area (Å²) in [6, 6.07) is 4.44. The Bertz CT molecular complexity index is 554. The quantitative estimate of drug-likeness (QED) is 0.916. The smallest absolute Gasteiger partial charge is 0.224 e. The van der Waals surface area contributed by atoms with E-state index in [1.807, 2.05) is 19.2 Å². The Hall–Kier alpha value is -1.56. The lowest BCUT2D eigenvalue weighted by Crippen LogP contribution is -2.26. The van der Waals surface area contributed by atoms with E-state index in [2.05, 4.69) is 36.1 Å². The number of furan rings is 1. The second-order valence-electron chi connectivity index (χ2n) is 4.55. The van der Waals surface area contributed by atoms with E-state index >= 15 is 0 Å². The Kier molecular flexibility index (Phi) is 3.42. The van der Waals surface area contributed by atoms with Crippen molar-refractivity contribution in [3.63, 3.8) is 0 Å². The van der Waals surface area contributed by atoms with E-state index in [4.69, 9.17) is 4.42 Å². The lowest BCUT2D eigenvalue weighted by Gasteiger charge is -2.23. The molecular formula is C13H15BrN4O. The molecule has 2 aromatic heterocycles. The van der Waals surface area contributed by atoms with E-state index in [1.165, 1.54) is 12.8 Å². The van der Waals surface area contributed by atoms with Gasteiger partial charge in [-0.25, -0.2) is 4.98 Å². The molecule has 19 heavy (non-hydrogen) atoms. The molecule has 1 aliphatic rings. The number of aromatic nitrogens is 2. The van der Waals surface area contributed by atoms with Gasteiger partial charge in [0.1, 0.15) is 11.6 Å². The zero-order valence-corrected chi connectivity index (χ0v) is 12.2. The summed E-state index contributed by atoms with van der Waals surface area (Å²) in [5.74, 6) is 2.49. The maximum absolute atomic E-state index is 5.44. The monoisotopic (exact) mass is 322 g/mol. The zero-order valence-electron chi connectivity index (χ0n) is 10.6. The van der Waals surface area contributed by atoms with Gasteiger partial charge in [-0.1, -0.05) is 0 Å². The highest BCUT2D eigenvalue weighted by Gasteiger charge is 2.32. The number of halogens is 1. The summed E-state index contributed by atoms with van der Waals surface area (Å²) in [4.78, 5) is 11.0. The third-order valence-electron chi connectivity index (χ3n) is 3.12. The van der Waals surface area contributed by atoms with E-state index in [9.17, 15) is 0 Å². The van der Waals surface area contributed by atoms with Crippen LogP contribution >= 0.6 is 15.9 Å². The molecule has 1 aliphatic carbocycles. The standard InChI is InChI=1S/C13H15BrN4O/c1-15-13-16-7-11(14)12(17-13)18(9-4-5-9)8-10-3-2-6-19-10/h2-3,6-7,9H,4-5,8H2,1H3,(H,15,16,17). The van der Waals surface area contributed by atoms with Gasteiger partial charge in [-0.05, 0) is 40.9 Å². The molecule has 0 radical (unpaired) electrons. The van der Waals surface area contributed by atoms with E-state index in [-0.39, 0.29) is 0 Å². The van der Waals surface area contributed by atoms with E-state index in [0.29, 0.717) is 12.0 Å². The minimum absolute atomic E-state index is 0.543. The van der Waals surface area contributed by atoms with Crippen LogP contribution in [-0.4, -0.2) is 23.1 Å². The highest BCUT2D eigenvalue weighted by Crippen LogP contribution is 2.35. The SMILES string of the molecule is CNc1ncc(Br)c(N(Cc2ccco2)C2CC2)n1. The first-order chi connectivity index (χ1) is 9.28. The summed E-state index contributed by atoms with van der Waals surface area (Å²) in [5, 5.41) is 2.97. The average Bonchev–Trinajstić information content (AvgIpc) is 3.14. The Morgan fingerprint density at radius 3 is 3.00 bits per heavy atom. The lowest BCUT2D eigenvalue weighted by molar-refractivity contribution is 0.500. The van der Waals surface area contributed by atoms with Gasteiger partial charge in [0.05, 0.1) is 17.3 Å². The van der Waals surface area contributed by atoms with E-state index in [0.717, 1.165) is 22.6 Å². The van der Waals surface area contributed by atoms with Crippen LogP contribution in [0.4, 0.5) is 11.8 Å². The van der Waals surface area contributed by atoms with E-state index < -0.39 is 0 Å². The summed E-state index contributed by atoms with van der Waals surface area (Å²) in [5.41, 5.74) is 0. The molecule has 6 heteroatoms. The van der Waals surface area contributed by atoms with Crippen molar-refractivity contribution in [2.75, 3.05) is 17.3 Å². The predicted octanol–water partition coefficient (Wildman–Crippen LogP) is 3.04. The number of anilines is 2. The van der Waals surface area contributed by atoms with Gasteiger partial charge in [0, 0.05) is 19.3 Å². The molecule has 0 bridgehead atoms. The molecule has 0 saturated heterocycles. The van der Waals surface area contributed by atoms with Crippen LogP contribution in [0, 0.1) is 0 Å². The molecular weight excluding hydrogens is 308 g/mol. The van der Waals surface area contributed by atoms with Crippen LogP contribution in [0.25, 0.3) is 0 Å². The largest absolute Gasteiger partial charge is 0.467 e. The van der Waals surface area contributed by atoms with Crippen LogP contribution in [-0.2, 0) is 6.54 Å². The molecule has 3 rings (SSSR count). The second kappa shape index (κ2) is 5.21.